The number of nitrogens with one attached hydrogen (secondary N) is 1. The molecule has 27 heavy (non-hydrogen) atoms. The second kappa shape index (κ2) is 9.23. The molecule has 0 spiro atoms. The molecule has 1 heterocycles. The van der Waals surface area contributed by atoms with Crippen molar-refractivity contribution in [3.8, 4) is 5.75 Å². The molecule has 1 aliphatic heterocycles. The molecule has 0 radical (unpaired) electrons. The van der Waals surface area contributed by atoms with Gasteiger partial charge in [-0.1, -0.05) is 12.1 Å². The Balaban J connectivity index is 1.37. The Morgan fingerprint density at radius 3 is 2.48 bits per heavy atom. The average molecular weight is 373 g/mol. The molecule has 2 aromatic rings. The topological polar surface area (TPSA) is 54.0 Å². The van der Waals surface area contributed by atoms with Crippen molar-refractivity contribution in [3.63, 3.8) is 0 Å². The molecule has 0 unspecified atom stereocenters. The molecule has 0 aromatic heterocycles. The lowest BCUT2D eigenvalue weighted by Crippen LogP contribution is -2.47. The van der Waals surface area contributed by atoms with Crippen LogP contribution in [0, 0.1) is 5.82 Å². The Morgan fingerprint density at radius 2 is 1.78 bits per heavy atom. The first-order valence-electron chi connectivity index (χ1n) is 8.95. The van der Waals surface area contributed by atoms with Gasteiger partial charge in [-0.25, -0.2) is 9.18 Å². The van der Waals surface area contributed by atoms with Crippen molar-refractivity contribution in [2.75, 3.05) is 56.7 Å². The standard InChI is InChI=1S/C20H24FN3O3/c1-26-19-5-3-2-4-18(19)22-20(25)27-15-14-23-10-12-24(13-11-23)17-8-6-16(21)7-9-17/h2-9H,10-15H2,1H3,(H,22,25). The first kappa shape index (κ1) is 19.0. The van der Waals surface area contributed by atoms with E-state index in [0.717, 1.165) is 31.9 Å². The van der Waals surface area contributed by atoms with Gasteiger partial charge in [-0.3, -0.25) is 10.2 Å². The minimum atomic E-state index is -0.496. The van der Waals surface area contributed by atoms with Gasteiger partial charge in [0.25, 0.3) is 0 Å². The third-order valence-electron chi connectivity index (χ3n) is 4.55. The second-order valence-electron chi connectivity index (χ2n) is 6.27. The fourth-order valence-corrected chi connectivity index (χ4v) is 3.04. The van der Waals surface area contributed by atoms with Gasteiger partial charge in [0.15, 0.2) is 0 Å². The van der Waals surface area contributed by atoms with E-state index in [9.17, 15) is 9.18 Å². The van der Waals surface area contributed by atoms with Gasteiger partial charge in [0.05, 0.1) is 12.8 Å². The van der Waals surface area contributed by atoms with Crippen LogP contribution in [-0.4, -0.2) is 57.4 Å². The van der Waals surface area contributed by atoms with Gasteiger partial charge in [-0.15, -0.1) is 0 Å². The molecule has 7 heteroatoms. The van der Waals surface area contributed by atoms with E-state index in [2.05, 4.69) is 15.1 Å². The fraction of sp³-hybridized carbons (Fsp3) is 0.350. The fourth-order valence-electron chi connectivity index (χ4n) is 3.04. The Labute approximate surface area is 158 Å². The predicted molar refractivity (Wildman–Crippen MR) is 103 cm³/mol. The van der Waals surface area contributed by atoms with Crippen LogP contribution in [0.3, 0.4) is 0 Å². The van der Waals surface area contributed by atoms with Gasteiger partial charge in [0.1, 0.15) is 18.2 Å². The number of hydrogen-bond donors (Lipinski definition) is 1. The highest BCUT2D eigenvalue weighted by atomic mass is 19.1. The van der Waals surface area contributed by atoms with Crippen LogP contribution >= 0.6 is 0 Å². The van der Waals surface area contributed by atoms with Crippen molar-refractivity contribution in [1.82, 2.24) is 4.90 Å². The summed E-state index contributed by atoms with van der Waals surface area (Å²) in [4.78, 5) is 16.4. The third-order valence-corrected chi connectivity index (χ3v) is 4.55. The van der Waals surface area contributed by atoms with Crippen LogP contribution < -0.4 is 15.0 Å². The monoisotopic (exact) mass is 373 g/mol. The lowest BCUT2D eigenvalue weighted by atomic mass is 10.2. The number of carbonyl (C=O) groups excluding carboxylic acids is 1. The Morgan fingerprint density at radius 1 is 1.07 bits per heavy atom. The predicted octanol–water partition coefficient (Wildman–Crippen LogP) is 3.21. The molecule has 1 N–H and O–H groups in total. The number of piperazine rings is 1. The number of hydrogen-bond acceptors (Lipinski definition) is 5. The SMILES string of the molecule is COc1ccccc1NC(=O)OCCN1CCN(c2ccc(F)cc2)CC1. The zero-order valence-electron chi connectivity index (χ0n) is 15.4. The van der Waals surface area contributed by atoms with Crippen molar-refractivity contribution < 1.29 is 18.7 Å². The summed E-state index contributed by atoms with van der Waals surface area (Å²) in [7, 11) is 1.55. The number of benzene rings is 2. The van der Waals surface area contributed by atoms with E-state index < -0.39 is 6.09 Å². The summed E-state index contributed by atoms with van der Waals surface area (Å²) < 4.78 is 23.5. The lowest BCUT2D eigenvalue weighted by molar-refractivity contribution is 0.137. The molecular weight excluding hydrogens is 349 g/mol. The van der Waals surface area contributed by atoms with E-state index in [0.29, 0.717) is 24.6 Å². The molecule has 3 rings (SSSR count). The molecule has 6 nitrogen and oxygen atoms in total. The molecule has 1 aliphatic rings. The molecule has 1 saturated heterocycles. The average Bonchev–Trinajstić information content (AvgIpc) is 2.69. The van der Waals surface area contributed by atoms with Crippen molar-refractivity contribution in [1.29, 1.82) is 0 Å². The lowest BCUT2D eigenvalue weighted by Gasteiger charge is -2.35. The Bertz CT molecular complexity index is 746. The number of amides is 1. The van der Waals surface area contributed by atoms with Gasteiger partial charge in [0, 0.05) is 38.4 Å². The van der Waals surface area contributed by atoms with Gasteiger partial charge in [-0.2, -0.15) is 0 Å². The smallest absolute Gasteiger partial charge is 0.411 e. The van der Waals surface area contributed by atoms with Crippen LogP contribution in [0.15, 0.2) is 48.5 Å². The quantitative estimate of drug-likeness (QED) is 0.843. The normalized spacial score (nSPS) is 14.7. The van der Waals surface area contributed by atoms with Gasteiger partial charge >= 0.3 is 6.09 Å². The first-order chi connectivity index (χ1) is 13.2. The highest BCUT2D eigenvalue weighted by Crippen LogP contribution is 2.23. The summed E-state index contributed by atoms with van der Waals surface area (Å²) in [6.07, 6.45) is -0.496. The molecule has 0 aliphatic carbocycles. The molecular formula is C20H24FN3O3. The highest BCUT2D eigenvalue weighted by Gasteiger charge is 2.17. The summed E-state index contributed by atoms with van der Waals surface area (Å²) in [5.41, 5.74) is 1.61. The molecule has 0 bridgehead atoms. The first-order valence-corrected chi connectivity index (χ1v) is 8.95. The summed E-state index contributed by atoms with van der Waals surface area (Å²) in [6.45, 7) is 4.45. The maximum Gasteiger partial charge on any atom is 0.411 e. The maximum absolute atomic E-state index is 13.0. The minimum absolute atomic E-state index is 0.221. The number of ether oxygens (including phenoxy) is 2. The molecule has 0 saturated carbocycles. The van der Waals surface area contributed by atoms with E-state index in [1.807, 2.05) is 12.1 Å². The second-order valence-corrected chi connectivity index (χ2v) is 6.27. The summed E-state index contributed by atoms with van der Waals surface area (Å²) in [6, 6.07) is 13.8. The molecule has 1 fully saturated rings. The molecule has 2 aromatic carbocycles. The summed E-state index contributed by atoms with van der Waals surface area (Å²) >= 11 is 0. The van der Waals surface area contributed by atoms with E-state index >= 15 is 0 Å². The highest BCUT2D eigenvalue weighted by molar-refractivity contribution is 5.86. The van der Waals surface area contributed by atoms with Crippen molar-refractivity contribution in [2.24, 2.45) is 0 Å². The number of nitrogens with zero attached hydrogens (tertiary/aromatic N) is 2. The van der Waals surface area contributed by atoms with E-state index in [-0.39, 0.29) is 5.82 Å². The zero-order chi connectivity index (χ0) is 19.1. The van der Waals surface area contributed by atoms with Crippen molar-refractivity contribution in [2.45, 2.75) is 0 Å². The molecule has 0 atom stereocenters. The number of para-hydroxylation sites is 2. The van der Waals surface area contributed by atoms with Crippen LogP contribution in [0.2, 0.25) is 0 Å². The van der Waals surface area contributed by atoms with Crippen molar-refractivity contribution in [3.05, 3.63) is 54.3 Å². The van der Waals surface area contributed by atoms with Crippen LogP contribution in [-0.2, 0) is 4.74 Å². The minimum Gasteiger partial charge on any atom is -0.495 e. The van der Waals surface area contributed by atoms with E-state index in [4.69, 9.17) is 9.47 Å². The van der Waals surface area contributed by atoms with Crippen LogP contribution in [0.5, 0.6) is 5.75 Å². The summed E-state index contributed by atoms with van der Waals surface area (Å²) in [5, 5.41) is 2.69. The number of rotatable bonds is 6. The van der Waals surface area contributed by atoms with Gasteiger partial charge < -0.3 is 14.4 Å². The number of carbonyl (C=O) groups is 1. The Kier molecular flexibility index (Phi) is 6.49. The third kappa shape index (κ3) is 5.34. The van der Waals surface area contributed by atoms with E-state index in [1.54, 1.807) is 31.4 Å². The number of methoxy groups -OCH3 is 1. The largest absolute Gasteiger partial charge is 0.495 e. The summed E-state index contributed by atoms with van der Waals surface area (Å²) in [5.74, 6) is 0.368. The van der Waals surface area contributed by atoms with E-state index in [1.165, 1.54) is 12.1 Å². The zero-order valence-corrected chi connectivity index (χ0v) is 15.4. The van der Waals surface area contributed by atoms with Crippen molar-refractivity contribution >= 4 is 17.5 Å². The van der Waals surface area contributed by atoms with Crippen LogP contribution in [0.25, 0.3) is 0 Å². The van der Waals surface area contributed by atoms with Gasteiger partial charge in [0.2, 0.25) is 0 Å². The van der Waals surface area contributed by atoms with Crippen LogP contribution in [0.1, 0.15) is 0 Å². The Hall–Kier alpha value is -2.80. The number of anilines is 2. The maximum atomic E-state index is 13.0. The molecule has 1 amide bonds. The van der Waals surface area contributed by atoms with Crippen LogP contribution in [0.4, 0.5) is 20.6 Å². The number of halogens is 1. The molecule has 144 valence electrons. The van der Waals surface area contributed by atoms with Gasteiger partial charge in [-0.05, 0) is 36.4 Å².